The minimum atomic E-state index is -0.437. The summed E-state index contributed by atoms with van der Waals surface area (Å²) in [5.41, 5.74) is 7.44. The molecule has 0 bridgehead atoms. The third-order valence-corrected chi connectivity index (χ3v) is 5.06. The first kappa shape index (κ1) is 22.4. The minimum absolute atomic E-state index is 0.216. The number of carbonyl (C=O) groups excluding carboxylic acids is 2. The molecule has 1 aromatic heterocycles. The van der Waals surface area contributed by atoms with Gasteiger partial charge in [-0.1, -0.05) is 24.2 Å². The van der Waals surface area contributed by atoms with E-state index in [1.54, 1.807) is 25.1 Å². The number of nitroso groups, excluding NO2 is 1. The third-order valence-electron chi connectivity index (χ3n) is 4.11. The standard InChI is InChI=1S/C19H26N6O3S/c1-12-18(25-28)29-19(22-12)24-17(27)15-8-7-14(11-16(15)23-13(2)26)21-10-6-4-3-5-9-20/h7-8,11,21H,3-6,9-10,20H2,1-2H3,(H,23,26)(H,22,24,27). The van der Waals surface area contributed by atoms with E-state index in [9.17, 15) is 14.5 Å². The van der Waals surface area contributed by atoms with Gasteiger partial charge < -0.3 is 16.4 Å². The lowest BCUT2D eigenvalue weighted by Gasteiger charge is -2.13. The molecule has 0 spiro atoms. The number of aromatic nitrogens is 1. The molecule has 0 unspecified atom stereocenters. The number of nitrogens with zero attached hydrogens (tertiary/aromatic N) is 2. The molecule has 2 rings (SSSR count). The Bertz CT molecular complexity index is 868. The maximum Gasteiger partial charge on any atom is 0.259 e. The van der Waals surface area contributed by atoms with E-state index >= 15 is 0 Å². The number of unbranched alkanes of at least 4 members (excludes halogenated alkanes) is 3. The van der Waals surface area contributed by atoms with E-state index in [0.29, 0.717) is 23.5 Å². The fraction of sp³-hybridized carbons (Fsp3) is 0.421. The molecule has 0 saturated carbocycles. The van der Waals surface area contributed by atoms with Gasteiger partial charge in [-0.15, -0.1) is 4.91 Å². The summed E-state index contributed by atoms with van der Waals surface area (Å²) < 4.78 is 0. The Morgan fingerprint density at radius 3 is 2.59 bits per heavy atom. The van der Waals surface area contributed by atoms with Gasteiger partial charge in [-0.05, 0) is 49.7 Å². The predicted octanol–water partition coefficient (Wildman–Crippen LogP) is 3.99. The van der Waals surface area contributed by atoms with E-state index in [1.165, 1.54) is 6.92 Å². The minimum Gasteiger partial charge on any atom is -0.385 e. The van der Waals surface area contributed by atoms with Crippen LogP contribution in [0.3, 0.4) is 0 Å². The van der Waals surface area contributed by atoms with Gasteiger partial charge in [-0.2, -0.15) is 0 Å². The van der Waals surface area contributed by atoms with E-state index in [4.69, 9.17) is 5.73 Å². The number of carbonyl (C=O) groups is 2. The largest absolute Gasteiger partial charge is 0.385 e. The normalized spacial score (nSPS) is 10.4. The second-order valence-corrected chi connectivity index (χ2v) is 7.50. The topological polar surface area (TPSA) is 139 Å². The van der Waals surface area contributed by atoms with Gasteiger partial charge in [0.1, 0.15) is 0 Å². The molecule has 1 heterocycles. The molecule has 9 nitrogen and oxygen atoms in total. The van der Waals surface area contributed by atoms with E-state index in [2.05, 4.69) is 26.1 Å². The molecule has 0 atom stereocenters. The maximum atomic E-state index is 12.7. The van der Waals surface area contributed by atoms with Gasteiger partial charge in [-0.25, -0.2) is 4.98 Å². The van der Waals surface area contributed by atoms with Gasteiger partial charge in [0.15, 0.2) is 10.1 Å². The van der Waals surface area contributed by atoms with Crippen LogP contribution in [0, 0.1) is 11.8 Å². The molecular formula is C19H26N6O3S. The highest BCUT2D eigenvalue weighted by atomic mass is 32.1. The molecule has 2 amide bonds. The number of hydrogen-bond donors (Lipinski definition) is 4. The zero-order valence-corrected chi connectivity index (χ0v) is 17.4. The van der Waals surface area contributed by atoms with E-state index in [0.717, 1.165) is 49.3 Å². The molecule has 1 aromatic carbocycles. The first-order valence-corrected chi connectivity index (χ1v) is 10.2. The summed E-state index contributed by atoms with van der Waals surface area (Å²) in [7, 11) is 0. The summed E-state index contributed by atoms with van der Waals surface area (Å²) >= 11 is 0.995. The van der Waals surface area contributed by atoms with Gasteiger partial charge in [0.2, 0.25) is 5.91 Å². The zero-order valence-electron chi connectivity index (χ0n) is 16.6. The van der Waals surface area contributed by atoms with Crippen molar-refractivity contribution in [2.24, 2.45) is 10.9 Å². The summed E-state index contributed by atoms with van der Waals surface area (Å²) in [5, 5.41) is 12.0. The number of hydrogen-bond acceptors (Lipinski definition) is 8. The van der Waals surface area contributed by atoms with Crippen LogP contribution in [0.5, 0.6) is 0 Å². The fourth-order valence-corrected chi connectivity index (χ4v) is 3.43. The number of nitrogens with one attached hydrogen (secondary N) is 3. The Labute approximate surface area is 173 Å². The van der Waals surface area contributed by atoms with Crippen LogP contribution in [0.15, 0.2) is 23.4 Å². The van der Waals surface area contributed by atoms with Gasteiger partial charge in [0.05, 0.1) is 16.9 Å². The lowest BCUT2D eigenvalue weighted by atomic mass is 10.1. The summed E-state index contributed by atoms with van der Waals surface area (Å²) in [4.78, 5) is 39.1. The van der Waals surface area contributed by atoms with Crippen molar-refractivity contribution in [1.29, 1.82) is 0 Å². The lowest BCUT2D eigenvalue weighted by molar-refractivity contribution is -0.114. The predicted molar refractivity (Wildman–Crippen MR) is 117 cm³/mol. The Kier molecular flexibility index (Phi) is 8.68. The molecule has 0 aliphatic carbocycles. The van der Waals surface area contributed by atoms with Crippen molar-refractivity contribution in [2.75, 3.05) is 29.0 Å². The third kappa shape index (κ3) is 6.91. The van der Waals surface area contributed by atoms with Gasteiger partial charge in [0.25, 0.3) is 5.91 Å². The number of rotatable bonds is 11. The second kappa shape index (κ2) is 11.2. The van der Waals surface area contributed by atoms with E-state index in [1.807, 2.05) is 0 Å². The van der Waals surface area contributed by atoms with Crippen molar-refractivity contribution in [2.45, 2.75) is 39.5 Å². The SMILES string of the molecule is CC(=O)Nc1cc(NCCCCCCN)ccc1C(=O)Nc1nc(C)c(N=O)s1. The van der Waals surface area contributed by atoms with E-state index in [-0.39, 0.29) is 16.0 Å². The molecule has 10 heteroatoms. The number of amides is 2. The lowest BCUT2D eigenvalue weighted by Crippen LogP contribution is -2.17. The molecule has 0 aliphatic heterocycles. The summed E-state index contributed by atoms with van der Waals surface area (Å²) in [6.07, 6.45) is 4.23. The molecule has 0 radical (unpaired) electrons. The van der Waals surface area contributed by atoms with Crippen LogP contribution >= 0.6 is 11.3 Å². The van der Waals surface area contributed by atoms with Crippen LogP contribution in [0.2, 0.25) is 0 Å². The molecule has 5 N–H and O–H groups in total. The van der Waals surface area contributed by atoms with Crippen LogP contribution in [0.25, 0.3) is 0 Å². The quantitative estimate of drug-likeness (QED) is 0.321. The summed E-state index contributed by atoms with van der Waals surface area (Å²) in [6.45, 7) is 4.52. The molecule has 0 fully saturated rings. The van der Waals surface area contributed by atoms with Crippen LogP contribution < -0.4 is 21.7 Å². The molecule has 2 aromatic rings. The van der Waals surface area contributed by atoms with Crippen molar-refractivity contribution < 1.29 is 9.59 Å². The van der Waals surface area contributed by atoms with Crippen molar-refractivity contribution in [1.82, 2.24) is 4.98 Å². The summed E-state index contributed by atoms with van der Waals surface area (Å²) in [5.74, 6) is -0.719. The van der Waals surface area contributed by atoms with Crippen molar-refractivity contribution in [3.05, 3.63) is 34.4 Å². The molecule has 0 saturated heterocycles. The van der Waals surface area contributed by atoms with E-state index < -0.39 is 5.91 Å². The zero-order chi connectivity index (χ0) is 21.2. The smallest absolute Gasteiger partial charge is 0.259 e. The first-order valence-electron chi connectivity index (χ1n) is 9.42. The first-order chi connectivity index (χ1) is 13.9. The van der Waals surface area contributed by atoms with Crippen LogP contribution in [-0.2, 0) is 4.79 Å². The highest BCUT2D eigenvalue weighted by molar-refractivity contribution is 7.19. The number of nitrogens with two attached hydrogens (primary N) is 1. The number of benzene rings is 1. The Morgan fingerprint density at radius 1 is 1.17 bits per heavy atom. The van der Waals surface area contributed by atoms with Gasteiger partial charge in [0, 0.05) is 19.2 Å². The highest BCUT2D eigenvalue weighted by Crippen LogP contribution is 2.31. The molecule has 29 heavy (non-hydrogen) atoms. The van der Waals surface area contributed by atoms with Crippen LogP contribution in [0.1, 0.15) is 48.7 Å². The average Bonchev–Trinajstić information content (AvgIpc) is 3.03. The maximum absolute atomic E-state index is 12.7. The number of anilines is 3. The number of thiazole rings is 1. The van der Waals surface area contributed by atoms with Crippen molar-refractivity contribution in [3.8, 4) is 0 Å². The monoisotopic (exact) mass is 418 g/mol. The van der Waals surface area contributed by atoms with Gasteiger partial charge in [-0.3, -0.25) is 14.9 Å². The molecular weight excluding hydrogens is 392 g/mol. The Balaban J connectivity index is 2.08. The van der Waals surface area contributed by atoms with Crippen LogP contribution in [-0.4, -0.2) is 29.9 Å². The highest BCUT2D eigenvalue weighted by Gasteiger charge is 2.16. The van der Waals surface area contributed by atoms with Crippen molar-refractivity contribution in [3.63, 3.8) is 0 Å². The Hall–Kier alpha value is -2.85. The Morgan fingerprint density at radius 2 is 1.93 bits per heavy atom. The fourth-order valence-electron chi connectivity index (χ4n) is 2.69. The second-order valence-electron chi connectivity index (χ2n) is 6.53. The number of aryl methyl sites for hydroxylation is 1. The van der Waals surface area contributed by atoms with Crippen LogP contribution in [0.4, 0.5) is 21.5 Å². The van der Waals surface area contributed by atoms with Crippen molar-refractivity contribution >= 4 is 44.7 Å². The molecule has 0 aliphatic rings. The van der Waals surface area contributed by atoms with Gasteiger partial charge >= 0.3 is 0 Å². The average molecular weight is 419 g/mol. The molecule has 156 valence electrons. The summed E-state index contributed by atoms with van der Waals surface area (Å²) in [6, 6.07) is 5.14.